The molecule has 5 nitrogen and oxygen atoms in total. The zero-order chi connectivity index (χ0) is 19.8. The largest absolute Gasteiger partial charge is 0.495 e. The van der Waals surface area contributed by atoms with E-state index in [1.54, 1.807) is 18.2 Å². The topological polar surface area (TPSA) is 49.9 Å². The Hall–Kier alpha value is -2.31. The number of imide groups is 1. The molecule has 0 saturated carbocycles. The fourth-order valence-electron chi connectivity index (χ4n) is 3.88. The molecule has 0 N–H and O–H groups in total. The second-order valence-corrected chi connectivity index (χ2v) is 8.51. The normalized spacial score (nSPS) is 20.3. The maximum absolute atomic E-state index is 13.4. The lowest BCUT2D eigenvalue weighted by Gasteiger charge is -2.33. The third kappa shape index (κ3) is 3.20. The van der Waals surface area contributed by atoms with Crippen molar-refractivity contribution in [1.29, 1.82) is 0 Å². The minimum Gasteiger partial charge on any atom is -0.495 e. The summed E-state index contributed by atoms with van der Waals surface area (Å²) in [6.45, 7) is 3.74. The summed E-state index contributed by atoms with van der Waals surface area (Å²) in [6.07, 6.45) is 2.15. The number of likely N-dealkylation sites (tertiary alicyclic amines) is 1. The van der Waals surface area contributed by atoms with Gasteiger partial charge in [-0.2, -0.15) is 0 Å². The van der Waals surface area contributed by atoms with Crippen molar-refractivity contribution in [2.24, 2.45) is 5.92 Å². The zero-order valence-corrected chi connectivity index (χ0v) is 17.3. The van der Waals surface area contributed by atoms with E-state index in [4.69, 9.17) is 16.3 Å². The van der Waals surface area contributed by atoms with E-state index in [1.807, 2.05) is 17.5 Å². The van der Waals surface area contributed by atoms with Crippen molar-refractivity contribution in [2.75, 3.05) is 25.1 Å². The maximum atomic E-state index is 13.4. The van der Waals surface area contributed by atoms with Crippen LogP contribution in [0.2, 0.25) is 5.02 Å². The second kappa shape index (κ2) is 7.60. The SMILES string of the molecule is COc1ccc(N2C(=O)C(c3cccs3)=C(N3CCCC(C)C3)C2=O)cc1Cl. The summed E-state index contributed by atoms with van der Waals surface area (Å²) in [5.74, 6) is 0.393. The predicted octanol–water partition coefficient (Wildman–Crippen LogP) is 4.43. The number of amides is 2. The molecule has 0 bridgehead atoms. The molecular weight excluding hydrogens is 396 g/mol. The molecule has 1 aromatic carbocycles. The molecule has 7 heteroatoms. The number of nitrogens with zero attached hydrogens (tertiary/aromatic N) is 2. The molecule has 2 aliphatic heterocycles. The van der Waals surface area contributed by atoms with E-state index in [1.165, 1.54) is 23.3 Å². The Morgan fingerprint density at radius 1 is 1.21 bits per heavy atom. The second-order valence-electron chi connectivity index (χ2n) is 7.16. The number of hydrogen-bond donors (Lipinski definition) is 0. The number of hydrogen-bond acceptors (Lipinski definition) is 5. The molecular formula is C21H21ClN2O3S. The van der Waals surface area contributed by atoms with E-state index in [-0.39, 0.29) is 11.8 Å². The van der Waals surface area contributed by atoms with Gasteiger partial charge >= 0.3 is 0 Å². The van der Waals surface area contributed by atoms with Crippen LogP contribution in [-0.2, 0) is 9.59 Å². The molecule has 2 amide bonds. The van der Waals surface area contributed by atoms with Crippen molar-refractivity contribution in [3.05, 3.63) is 51.3 Å². The minimum atomic E-state index is -0.304. The lowest BCUT2D eigenvalue weighted by Crippen LogP contribution is -2.39. The monoisotopic (exact) mass is 416 g/mol. The summed E-state index contributed by atoms with van der Waals surface area (Å²) in [6, 6.07) is 8.75. The van der Waals surface area contributed by atoms with E-state index in [0.717, 1.165) is 30.8 Å². The molecule has 2 aromatic rings. The lowest BCUT2D eigenvalue weighted by molar-refractivity contribution is -0.120. The number of carbonyl (C=O) groups is 2. The van der Waals surface area contributed by atoms with Crippen molar-refractivity contribution in [3.63, 3.8) is 0 Å². The molecule has 2 aliphatic rings. The standard InChI is InChI=1S/C21H21ClN2O3S/c1-13-5-3-9-23(12-13)19-18(17-6-4-10-28-17)20(25)24(21(19)26)14-7-8-16(27-2)15(22)11-14/h4,6-8,10-11,13H,3,5,9,12H2,1-2H3. The number of ether oxygens (including phenoxy) is 1. The molecule has 1 atom stereocenters. The Kier molecular flexibility index (Phi) is 5.17. The van der Waals surface area contributed by atoms with Crippen LogP contribution in [0.1, 0.15) is 24.6 Å². The van der Waals surface area contributed by atoms with Gasteiger partial charge in [-0.1, -0.05) is 24.6 Å². The lowest BCUT2D eigenvalue weighted by atomic mass is 9.99. The van der Waals surface area contributed by atoms with Gasteiger partial charge in [-0.25, -0.2) is 4.90 Å². The smallest absolute Gasteiger partial charge is 0.282 e. The maximum Gasteiger partial charge on any atom is 0.282 e. The van der Waals surface area contributed by atoms with Gasteiger partial charge in [-0.3, -0.25) is 9.59 Å². The first-order valence-corrected chi connectivity index (χ1v) is 10.5. The third-order valence-electron chi connectivity index (χ3n) is 5.19. The highest BCUT2D eigenvalue weighted by Gasteiger charge is 2.43. The molecule has 1 unspecified atom stereocenters. The molecule has 28 heavy (non-hydrogen) atoms. The van der Waals surface area contributed by atoms with E-state index < -0.39 is 0 Å². The number of piperidine rings is 1. The van der Waals surface area contributed by atoms with Gasteiger partial charge in [0.05, 0.1) is 23.4 Å². The zero-order valence-electron chi connectivity index (χ0n) is 15.8. The Bertz CT molecular complexity index is 955. The van der Waals surface area contributed by atoms with E-state index in [9.17, 15) is 9.59 Å². The van der Waals surface area contributed by atoms with Crippen LogP contribution < -0.4 is 9.64 Å². The first-order chi connectivity index (χ1) is 13.5. The van der Waals surface area contributed by atoms with Crippen LogP contribution in [0, 0.1) is 5.92 Å². The highest BCUT2D eigenvalue weighted by atomic mass is 35.5. The first kappa shape index (κ1) is 19.0. The van der Waals surface area contributed by atoms with Crippen LogP contribution >= 0.6 is 22.9 Å². The average molecular weight is 417 g/mol. The first-order valence-electron chi connectivity index (χ1n) is 9.26. The molecule has 146 valence electrons. The predicted molar refractivity (Wildman–Crippen MR) is 112 cm³/mol. The van der Waals surface area contributed by atoms with Gasteiger partial charge in [0, 0.05) is 18.0 Å². The van der Waals surface area contributed by atoms with Gasteiger partial charge in [0.25, 0.3) is 11.8 Å². The van der Waals surface area contributed by atoms with Crippen LogP contribution in [0.5, 0.6) is 5.75 Å². The van der Waals surface area contributed by atoms with Crippen LogP contribution in [0.15, 0.2) is 41.4 Å². The molecule has 1 saturated heterocycles. The van der Waals surface area contributed by atoms with Crippen LogP contribution in [0.4, 0.5) is 5.69 Å². The highest BCUT2D eigenvalue weighted by Crippen LogP contribution is 2.39. The van der Waals surface area contributed by atoms with Crippen LogP contribution in [-0.4, -0.2) is 36.9 Å². The quantitative estimate of drug-likeness (QED) is 0.692. The van der Waals surface area contributed by atoms with E-state index in [2.05, 4.69) is 11.8 Å². The highest BCUT2D eigenvalue weighted by molar-refractivity contribution is 7.11. The molecule has 4 rings (SSSR count). The Labute approximate surface area is 173 Å². The number of methoxy groups -OCH3 is 1. The third-order valence-corrected chi connectivity index (χ3v) is 6.38. The average Bonchev–Trinajstić information content (AvgIpc) is 3.28. The van der Waals surface area contributed by atoms with Crippen LogP contribution in [0.3, 0.4) is 0 Å². The molecule has 3 heterocycles. The van der Waals surface area contributed by atoms with Gasteiger partial charge in [0.1, 0.15) is 11.4 Å². The summed E-state index contributed by atoms with van der Waals surface area (Å²) < 4.78 is 5.19. The Morgan fingerprint density at radius 3 is 2.68 bits per heavy atom. The number of benzene rings is 1. The van der Waals surface area contributed by atoms with Gasteiger partial charge in [0.2, 0.25) is 0 Å². The number of carbonyl (C=O) groups excluding carboxylic acids is 2. The van der Waals surface area contributed by atoms with Gasteiger partial charge in [-0.05, 0) is 48.4 Å². The van der Waals surface area contributed by atoms with E-state index >= 15 is 0 Å². The van der Waals surface area contributed by atoms with Crippen molar-refractivity contribution in [2.45, 2.75) is 19.8 Å². The number of anilines is 1. The summed E-state index contributed by atoms with van der Waals surface area (Å²) in [5.41, 5.74) is 1.45. The van der Waals surface area contributed by atoms with Crippen LogP contribution in [0.25, 0.3) is 5.57 Å². The fourth-order valence-corrected chi connectivity index (χ4v) is 4.89. The summed E-state index contributed by atoms with van der Waals surface area (Å²) in [7, 11) is 1.53. The molecule has 0 radical (unpaired) electrons. The van der Waals surface area contributed by atoms with Crippen molar-refractivity contribution in [1.82, 2.24) is 4.90 Å². The summed E-state index contributed by atoms with van der Waals surface area (Å²) in [5, 5.41) is 2.28. The number of thiophene rings is 1. The van der Waals surface area contributed by atoms with E-state index in [0.29, 0.717) is 33.6 Å². The number of rotatable bonds is 4. The Morgan fingerprint density at radius 2 is 2.04 bits per heavy atom. The van der Waals surface area contributed by atoms with Gasteiger partial charge < -0.3 is 9.64 Å². The van der Waals surface area contributed by atoms with Crippen molar-refractivity contribution < 1.29 is 14.3 Å². The summed E-state index contributed by atoms with van der Waals surface area (Å²) >= 11 is 7.72. The van der Waals surface area contributed by atoms with Gasteiger partial charge in [-0.15, -0.1) is 11.3 Å². The minimum absolute atomic E-state index is 0.288. The van der Waals surface area contributed by atoms with Crippen molar-refractivity contribution in [3.8, 4) is 5.75 Å². The van der Waals surface area contributed by atoms with Gasteiger partial charge in [0.15, 0.2) is 0 Å². The molecule has 1 aromatic heterocycles. The molecule has 1 fully saturated rings. The van der Waals surface area contributed by atoms with Crippen molar-refractivity contribution >= 4 is 46.0 Å². The Balaban J connectivity index is 1.78. The fraction of sp³-hybridized carbons (Fsp3) is 0.333. The summed E-state index contributed by atoms with van der Waals surface area (Å²) in [4.78, 5) is 30.9. The molecule has 0 spiro atoms. The number of halogens is 1. The molecule has 0 aliphatic carbocycles.